The highest BCUT2D eigenvalue weighted by Gasteiger charge is 2.54. The summed E-state index contributed by atoms with van der Waals surface area (Å²) in [5, 5.41) is 5.36. The molecule has 6 atom stereocenters. The lowest BCUT2D eigenvalue weighted by Crippen LogP contribution is -2.61. The van der Waals surface area contributed by atoms with Crippen LogP contribution in [0.5, 0.6) is 0 Å². The zero-order chi connectivity index (χ0) is 59.5. The molecule has 3 saturated carbocycles. The molecule has 18 nitrogen and oxygen atoms in total. The predicted molar refractivity (Wildman–Crippen MR) is 317 cm³/mol. The fraction of sp³-hybridized carbons (Fsp3) is 0.257. The predicted octanol–water partition coefficient (Wildman–Crippen LogP) is 9.97. The molecule has 9 aromatic carbocycles. The topological polar surface area (TPSA) is 224 Å². The normalized spacial score (nSPS) is 24.6. The number of carbonyl (C=O) groups excluding carboxylic acids is 12. The van der Waals surface area contributed by atoms with Crippen molar-refractivity contribution in [2.45, 2.75) is 113 Å². The van der Waals surface area contributed by atoms with Gasteiger partial charge in [-0.05, 0) is 144 Å². The fourth-order valence-electron chi connectivity index (χ4n) is 18.0. The van der Waals surface area contributed by atoms with Crippen molar-refractivity contribution in [2.24, 2.45) is 0 Å². The maximum absolute atomic E-state index is 15.4. The SMILES string of the molecule is O=C1c2ccc3c4c5ccc(c24)C(=O)N1C1CCCC[C@@H]1N1C(=O)c2ccc4c6c(ccc(c26)C1=O)C(=O)N(C4=O)C1CCCC[C@@H]1N1C(=O)c2ccc4c6ccc7c8c(ccc(c9ccc(c2c49)C1=O)c86)C(=O)N(C7=O)C1CCCC[C@@H]1N(C3=O)C5=O. The Bertz CT molecular complexity index is 4560. The summed E-state index contributed by atoms with van der Waals surface area (Å²) in [5.41, 5.74) is 1.44. The van der Waals surface area contributed by atoms with Gasteiger partial charge in [-0.15, -0.1) is 0 Å². The van der Waals surface area contributed by atoms with Crippen LogP contribution in [0.25, 0.3) is 64.6 Å². The Hall–Kier alpha value is -10.4. The minimum absolute atomic E-state index is 0.0474. The quantitative estimate of drug-likeness (QED) is 0.0786. The molecule has 3 fully saturated rings. The molecule has 30 bridgehead atoms. The maximum Gasteiger partial charge on any atom is 0.261 e. The van der Waals surface area contributed by atoms with Gasteiger partial charge in [0.05, 0.1) is 36.3 Å². The van der Waals surface area contributed by atoms with E-state index >= 15 is 57.5 Å². The molecule has 428 valence electrons. The summed E-state index contributed by atoms with van der Waals surface area (Å²) < 4.78 is 0. The van der Waals surface area contributed by atoms with E-state index in [1.165, 1.54) is 58.3 Å². The van der Waals surface area contributed by atoms with E-state index in [9.17, 15) is 0 Å². The Kier molecular flexibility index (Phi) is 9.51. The molecule has 9 aromatic rings. The maximum atomic E-state index is 15.4. The van der Waals surface area contributed by atoms with Crippen molar-refractivity contribution in [3.8, 4) is 0 Å². The molecule has 37 aliphatic rings. The molecular formula is C70H46N6O12. The number of amides is 12. The van der Waals surface area contributed by atoms with Crippen LogP contribution in [0.1, 0.15) is 201 Å². The molecule has 0 N–H and O–H groups in total. The van der Waals surface area contributed by atoms with Crippen LogP contribution in [0.15, 0.2) is 97.1 Å². The lowest BCUT2D eigenvalue weighted by atomic mass is 9.79. The highest BCUT2D eigenvalue weighted by atomic mass is 16.2. The minimum Gasteiger partial charge on any atom is -0.269 e. The minimum atomic E-state index is -1.02. The number of benzene rings is 9. The molecule has 3 aliphatic carbocycles. The van der Waals surface area contributed by atoms with E-state index in [2.05, 4.69) is 0 Å². The van der Waals surface area contributed by atoms with E-state index < -0.39 is 107 Å². The first-order valence-corrected chi connectivity index (χ1v) is 30.4. The van der Waals surface area contributed by atoms with Gasteiger partial charge in [0, 0.05) is 99.1 Å². The number of hydrogen-bond donors (Lipinski definition) is 0. The third-order valence-electron chi connectivity index (χ3n) is 21.7. The zero-order valence-electron chi connectivity index (χ0n) is 46.8. The van der Waals surface area contributed by atoms with Crippen molar-refractivity contribution in [2.75, 3.05) is 0 Å². The number of nitrogens with zero attached hydrogens (tertiary/aromatic N) is 6. The molecule has 34 heterocycles. The molecule has 0 spiro atoms. The summed E-state index contributed by atoms with van der Waals surface area (Å²) in [5.74, 6) is -8.12. The molecule has 0 radical (unpaired) electrons. The summed E-state index contributed by atoms with van der Waals surface area (Å²) in [6, 6.07) is 20.0. The first kappa shape index (κ1) is 49.9. The van der Waals surface area contributed by atoms with Crippen LogP contribution in [0.4, 0.5) is 0 Å². The molecule has 18 heteroatoms. The molecule has 12 amide bonds. The second-order valence-electron chi connectivity index (χ2n) is 25.4. The second-order valence-corrected chi connectivity index (χ2v) is 25.4. The van der Waals surface area contributed by atoms with Crippen molar-refractivity contribution in [1.29, 1.82) is 0 Å². The van der Waals surface area contributed by atoms with Crippen molar-refractivity contribution < 1.29 is 57.5 Å². The van der Waals surface area contributed by atoms with Crippen LogP contribution in [0.2, 0.25) is 0 Å². The van der Waals surface area contributed by atoms with E-state index in [0.717, 1.165) is 19.6 Å². The smallest absolute Gasteiger partial charge is 0.261 e. The first-order valence-electron chi connectivity index (χ1n) is 30.4. The largest absolute Gasteiger partial charge is 0.269 e. The van der Waals surface area contributed by atoms with Crippen molar-refractivity contribution >= 4 is 136 Å². The summed E-state index contributed by atoms with van der Waals surface area (Å²) >= 11 is 0. The van der Waals surface area contributed by atoms with Crippen LogP contribution in [0.3, 0.4) is 0 Å². The fourth-order valence-corrected chi connectivity index (χ4v) is 18.0. The Morgan fingerprint density at radius 1 is 0.182 bits per heavy atom. The number of imide groups is 6. The Morgan fingerprint density at radius 3 is 0.455 bits per heavy atom. The van der Waals surface area contributed by atoms with Crippen molar-refractivity contribution in [1.82, 2.24) is 29.4 Å². The van der Waals surface area contributed by atoms with Crippen LogP contribution in [0, 0.1) is 0 Å². The van der Waals surface area contributed by atoms with Crippen molar-refractivity contribution in [3.63, 3.8) is 0 Å². The molecule has 3 unspecified atom stereocenters. The van der Waals surface area contributed by atoms with Crippen LogP contribution in [-0.4, -0.2) is 137 Å². The monoisotopic (exact) mass is 1160 g/mol. The van der Waals surface area contributed by atoms with Crippen molar-refractivity contribution in [3.05, 3.63) is 164 Å². The number of hydrogen-bond acceptors (Lipinski definition) is 12. The van der Waals surface area contributed by atoms with Gasteiger partial charge in [0.1, 0.15) is 0 Å². The lowest BCUT2D eigenvalue weighted by Gasteiger charge is -2.46. The van der Waals surface area contributed by atoms with Gasteiger partial charge in [-0.25, -0.2) is 0 Å². The average molecular weight is 1160 g/mol. The van der Waals surface area contributed by atoms with Gasteiger partial charge in [0.2, 0.25) is 0 Å². The number of carbonyl (C=O) groups is 12. The molecular weight excluding hydrogens is 1120 g/mol. The van der Waals surface area contributed by atoms with E-state index in [0.29, 0.717) is 94.5 Å². The van der Waals surface area contributed by atoms with Crippen LogP contribution >= 0.6 is 0 Å². The van der Waals surface area contributed by atoms with E-state index in [-0.39, 0.29) is 114 Å². The molecule has 46 rings (SSSR count). The summed E-state index contributed by atoms with van der Waals surface area (Å²) in [6.45, 7) is 0. The van der Waals surface area contributed by atoms with Gasteiger partial charge in [0.15, 0.2) is 0 Å². The van der Waals surface area contributed by atoms with Gasteiger partial charge < -0.3 is 0 Å². The first-order chi connectivity index (χ1) is 42.7. The summed E-state index contributed by atoms with van der Waals surface area (Å²) in [4.78, 5) is 190. The standard InChI is InChI=1S/C70H46N6O12/c77-59-33-17-13-29-31-15-19-35-54-36-20-16-32(52(31)54)30-14-18-34(53(33)51(29)30)60(78)71(59)45-7-1-3-9-47(45)73-63(81)37-21-25-41-57-42(26-22-38(55(37)57)64(73)82)68(86)75(67(41)85)49-11-5-6-12-50(49)76-69(87)43-27-23-39-56-40(24-28-44(58(43)56)70(76)88)66(84)74(65(39)83)48-10-4-2-8-46(48)72(61(35)79)62(36)80/h13-28,45-50H,1-12H2/t45-,46?,47?,48-,49-,50?/m0/s1. The Balaban J connectivity index is 0.808. The lowest BCUT2D eigenvalue weighted by molar-refractivity contribution is 0.0236. The van der Waals surface area contributed by atoms with Gasteiger partial charge >= 0.3 is 0 Å². The van der Waals surface area contributed by atoms with E-state index in [4.69, 9.17) is 0 Å². The highest BCUT2D eigenvalue weighted by molar-refractivity contribution is 6.42. The average Bonchev–Trinajstić information content (AvgIpc) is 1.17. The third kappa shape index (κ3) is 5.75. The molecule has 34 aliphatic heterocycles. The molecule has 0 aromatic heterocycles. The van der Waals surface area contributed by atoms with Gasteiger partial charge in [-0.2, -0.15) is 0 Å². The van der Waals surface area contributed by atoms with E-state index in [1.54, 1.807) is 24.3 Å². The summed E-state index contributed by atoms with van der Waals surface area (Å²) in [6.07, 6.45) is 5.02. The molecule has 88 heavy (non-hydrogen) atoms. The third-order valence-corrected chi connectivity index (χ3v) is 21.7. The van der Waals surface area contributed by atoms with Gasteiger partial charge in [-0.3, -0.25) is 86.9 Å². The number of rotatable bonds is 0. The summed E-state index contributed by atoms with van der Waals surface area (Å²) in [7, 11) is 0. The highest BCUT2D eigenvalue weighted by Crippen LogP contribution is 2.50. The van der Waals surface area contributed by atoms with Crippen LogP contribution < -0.4 is 0 Å². The molecule has 0 saturated heterocycles. The van der Waals surface area contributed by atoms with Gasteiger partial charge in [0.25, 0.3) is 70.9 Å². The zero-order valence-corrected chi connectivity index (χ0v) is 46.8. The Labute approximate surface area is 497 Å². The Morgan fingerprint density at radius 2 is 0.307 bits per heavy atom. The second kappa shape index (κ2) is 16.8. The van der Waals surface area contributed by atoms with E-state index in [1.807, 2.05) is 24.3 Å². The van der Waals surface area contributed by atoms with Gasteiger partial charge in [-0.1, -0.05) is 62.8 Å². The van der Waals surface area contributed by atoms with Crippen LogP contribution in [-0.2, 0) is 0 Å².